The summed E-state index contributed by atoms with van der Waals surface area (Å²) in [5, 5.41) is 23.9. The van der Waals surface area contributed by atoms with Gasteiger partial charge in [-0.2, -0.15) is 0 Å². The number of nitrogens with one attached hydrogen (secondary N) is 1. The third kappa shape index (κ3) is 4.40. The number of benzene rings is 2. The van der Waals surface area contributed by atoms with Crippen LogP contribution in [0, 0.1) is 15.9 Å². The van der Waals surface area contributed by atoms with Crippen LogP contribution < -0.4 is 5.32 Å². The van der Waals surface area contributed by atoms with E-state index in [9.17, 15) is 24.4 Å². The molecule has 0 fully saturated rings. The number of aliphatic hydroxyl groups excluding tert-OH is 1. The molecule has 0 saturated heterocycles. The zero-order chi connectivity index (χ0) is 19.4. The van der Waals surface area contributed by atoms with Crippen molar-refractivity contribution in [2.45, 2.75) is 6.10 Å². The zero-order valence-electron chi connectivity index (χ0n) is 13.3. The van der Waals surface area contributed by atoms with Crippen LogP contribution in [0.15, 0.2) is 30.3 Å². The zero-order valence-corrected chi connectivity index (χ0v) is 14.8. The first kappa shape index (κ1) is 19.9. The van der Waals surface area contributed by atoms with E-state index in [4.69, 9.17) is 23.2 Å². The molecule has 26 heavy (non-hydrogen) atoms. The summed E-state index contributed by atoms with van der Waals surface area (Å²) >= 11 is 11.5. The van der Waals surface area contributed by atoms with Gasteiger partial charge in [-0.15, -0.1) is 0 Å². The number of anilines is 1. The number of nitro groups is 1. The summed E-state index contributed by atoms with van der Waals surface area (Å²) < 4.78 is 18.0. The molecule has 2 aromatic rings. The van der Waals surface area contributed by atoms with Crippen LogP contribution >= 0.6 is 23.2 Å². The summed E-state index contributed by atoms with van der Waals surface area (Å²) in [7, 11) is 1.12. The van der Waals surface area contributed by atoms with Crippen LogP contribution in [-0.2, 0) is 4.74 Å². The third-order valence-corrected chi connectivity index (χ3v) is 4.12. The molecule has 0 bridgehead atoms. The largest absolute Gasteiger partial charge is 0.465 e. The first-order valence-corrected chi connectivity index (χ1v) is 7.93. The van der Waals surface area contributed by atoms with E-state index < -0.39 is 28.5 Å². The average Bonchev–Trinajstić information content (AvgIpc) is 2.61. The van der Waals surface area contributed by atoms with Gasteiger partial charge in [0.15, 0.2) is 0 Å². The molecular weight excluding hydrogens is 390 g/mol. The van der Waals surface area contributed by atoms with Crippen LogP contribution in [0.1, 0.15) is 22.0 Å². The van der Waals surface area contributed by atoms with E-state index in [0.717, 1.165) is 19.2 Å². The number of aliphatic hydroxyl groups is 1. The number of hydrogen-bond acceptors (Lipinski definition) is 6. The third-order valence-electron chi connectivity index (χ3n) is 3.50. The summed E-state index contributed by atoms with van der Waals surface area (Å²) in [4.78, 5) is 22.1. The quantitative estimate of drug-likeness (QED) is 0.430. The lowest BCUT2D eigenvalue weighted by Gasteiger charge is -2.14. The van der Waals surface area contributed by atoms with Gasteiger partial charge < -0.3 is 15.2 Å². The van der Waals surface area contributed by atoms with Crippen LogP contribution in [-0.4, -0.2) is 29.7 Å². The fraction of sp³-hybridized carbons (Fsp3) is 0.188. The highest BCUT2D eigenvalue weighted by Gasteiger charge is 2.22. The molecule has 1 unspecified atom stereocenters. The molecule has 0 spiro atoms. The van der Waals surface area contributed by atoms with E-state index >= 15 is 0 Å². The molecule has 0 aromatic heterocycles. The molecule has 0 saturated carbocycles. The van der Waals surface area contributed by atoms with E-state index in [2.05, 4.69) is 10.1 Å². The minimum absolute atomic E-state index is 0.0128. The lowest BCUT2D eigenvalue weighted by molar-refractivity contribution is -0.384. The van der Waals surface area contributed by atoms with Crippen molar-refractivity contribution in [2.24, 2.45) is 0 Å². The molecule has 7 nitrogen and oxygen atoms in total. The summed E-state index contributed by atoms with van der Waals surface area (Å²) in [6, 6.07) is 5.95. The highest BCUT2D eigenvalue weighted by molar-refractivity contribution is 6.34. The summed E-state index contributed by atoms with van der Waals surface area (Å²) in [5.74, 6) is -1.51. The van der Waals surface area contributed by atoms with Crippen molar-refractivity contribution in [2.75, 3.05) is 19.0 Å². The molecule has 2 aromatic carbocycles. The number of rotatable bonds is 6. The fourth-order valence-electron chi connectivity index (χ4n) is 2.16. The smallest absolute Gasteiger partial charge is 0.339 e. The van der Waals surface area contributed by atoms with Crippen LogP contribution in [0.2, 0.25) is 10.0 Å². The summed E-state index contributed by atoms with van der Waals surface area (Å²) in [6.07, 6.45) is -1.17. The number of nitro benzene ring substituents is 1. The Hall–Kier alpha value is -2.42. The van der Waals surface area contributed by atoms with E-state index in [1.165, 1.54) is 18.2 Å². The van der Waals surface area contributed by atoms with E-state index in [1.54, 1.807) is 0 Å². The van der Waals surface area contributed by atoms with Crippen LogP contribution in [0.4, 0.5) is 15.8 Å². The number of nitrogens with zero attached hydrogens (tertiary/aromatic N) is 1. The Morgan fingerprint density at radius 3 is 2.62 bits per heavy atom. The molecule has 2 N–H and O–H groups in total. The van der Waals surface area contributed by atoms with Crippen LogP contribution in [0.5, 0.6) is 0 Å². The maximum absolute atomic E-state index is 13.5. The number of carbonyl (C=O) groups is 1. The Morgan fingerprint density at radius 2 is 2.04 bits per heavy atom. The second-order valence-corrected chi connectivity index (χ2v) is 5.98. The van der Waals surface area contributed by atoms with Gasteiger partial charge >= 0.3 is 5.97 Å². The maximum Gasteiger partial charge on any atom is 0.339 e. The highest BCUT2D eigenvalue weighted by atomic mass is 35.5. The van der Waals surface area contributed by atoms with Crippen molar-refractivity contribution in [1.82, 2.24) is 0 Å². The van der Waals surface area contributed by atoms with Crippen molar-refractivity contribution in [1.29, 1.82) is 0 Å². The molecule has 1 atom stereocenters. The van der Waals surface area contributed by atoms with Crippen LogP contribution in [0.3, 0.4) is 0 Å². The van der Waals surface area contributed by atoms with Crippen molar-refractivity contribution in [3.8, 4) is 0 Å². The van der Waals surface area contributed by atoms with Gasteiger partial charge in [0.2, 0.25) is 0 Å². The molecule has 138 valence electrons. The minimum Gasteiger partial charge on any atom is -0.465 e. The standard InChI is InChI=1S/C16H13Cl2FN2O5/c1-26-16(23)9-5-14(21(24)25)13(6-11(9)18)20-7-15(22)8-2-3-10(17)12(19)4-8/h2-6,15,20,22H,7H2,1H3. The van der Waals surface area contributed by atoms with E-state index in [1.807, 2.05) is 0 Å². The predicted octanol–water partition coefficient (Wildman–Crippen LogP) is 3.97. The Balaban J connectivity index is 2.25. The van der Waals surface area contributed by atoms with Gasteiger partial charge in [0.1, 0.15) is 11.5 Å². The van der Waals surface area contributed by atoms with E-state index in [0.29, 0.717) is 0 Å². The normalized spacial score (nSPS) is 11.7. The van der Waals surface area contributed by atoms with Gasteiger partial charge in [-0.3, -0.25) is 10.1 Å². The molecule has 0 aliphatic rings. The maximum atomic E-state index is 13.5. The minimum atomic E-state index is -1.17. The van der Waals surface area contributed by atoms with E-state index in [-0.39, 0.29) is 33.4 Å². The van der Waals surface area contributed by atoms with Crippen molar-refractivity contribution < 1.29 is 24.0 Å². The van der Waals surface area contributed by atoms with Gasteiger partial charge in [-0.05, 0) is 23.8 Å². The first-order chi connectivity index (χ1) is 12.2. The van der Waals surface area contributed by atoms with Gasteiger partial charge in [-0.25, -0.2) is 9.18 Å². The SMILES string of the molecule is COC(=O)c1cc([N+](=O)[O-])c(NCC(O)c2ccc(Cl)c(F)c2)cc1Cl. The van der Waals surface area contributed by atoms with Crippen molar-refractivity contribution in [3.63, 3.8) is 0 Å². The van der Waals surface area contributed by atoms with Crippen LogP contribution in [0.25, 0.3) is 0 Å². The lowest BCUT2D eigenvalue weighted by Crippen LogP contribution is -2.14. The number of carbonyl (C=O) groups excluding carboxylic acids is 1. The summed E-state index contributed by atoms with van der Waals surface area (Å²) in [6.45, 7) is -0.171. The Morgan fingerprint density at radius 1 is 1.35 bits per heavy atom. The number of hydrogen-bond donors (Lipinski definition) is 2. The van der Waals surface area contributed by atoms with Gasteiger partial charge in [0.05, 0.1) is 33.7 Å². The molecule has 0 heterocycles. The second-order valence-electron chi connectivity index (χ2n) is 5.17. The predicted molar refractivity (Wildman–Crippen MR) is 94.3 cm³/mol. The number of methoxy groups -OCH3 is 1. The Kier molecular flexibility index (Phi) is 6.36. The molecular formula is C16H13Cl2FN2O5. The number of ether oxygens (including phenoxy) is 1. The Labute approximate surface area is 157 Å². The second kappa shape index (κ2) is 8.31. The number of halogens is 3. The number of esters is 1. The Bertz CT molecular complexity index is 863. The van der Waals surface area contributed by atoms with Gasteiger partial charge in [0, 0.05) is 12.6 Å². The van der Waals surface area contributed by atoms with Gasteiger partial charge in [-0.1, -0.05) is 29.3 Å². The molecule has 2 rings (SSSR count). The molecule has 0 amide bonds. The van der Waals surface area contributed by atoms with Crippen molar-refractivity contribution in [3.05, 3.63) is 67.4 Å². The molecule has 10 heteroatoms. The molecule has 0 aliphatic heterocycles. The molecule has 0 radical (unpaired) electrons. The monoisotopic (exact) mass is 402 g/mol. The first-order valence-electron chi connectivity index (χ1n) is 7.17. The average molecular weight is 403 g/mol. The highest BCUT2D eigenvalue weighted by Crippen LogP contribution is 2.32. The fourth-order valence-corrected chi connectivity index (χ4v) is 2.52. The topological polar surface area (TPSA) is 102 Å². The molecule has 0 aliphatic carbocycles. The summed E-state index contributed by atoms with van der Waals surface area (Å²) in [5.41, 5.74) is -0.364. The lowest BCUT2D eigenvalue weighted by atomic mass is 10.1. The van der Waals surface area contributed by atoms with Crippen molar-refractivity contribution >= 4 is 40.5 Å². The van der Waals surface area contributed by atoms with Gasteiger partial charge in [0.25, 0.3) is 5.69 Å².